The van der Waals surface area contributed by atoms with Crippen LogP contribution >= 0.6 is 11.8 Å². The highest BCUT2D eigenvalue weighted by atomic mass is 32.2. The number of pyridine rings is 1. The van der Waals surface area contributed by atoms with E-state index in [-0.39, 0.29) is 4.90 Å². The van der Waals surface area contributed by atoms with Gasteiger partial charge in [-0.05, 0) is 61.9 Å². The molecule has 0 atom stereocenters. The summed E-state index contributed by atoms with van der Waals surface area (Å²) in [7, 11) is -3.46. The van der Waals surface area contributed by atoms with Crippen LogP contribution < -0.4 is 4.72 Å². The molecule has 1 aliphatic rings. The number of rotatable bonds is 7. The van der Waals surface area contributed by atoms with Crippen molar-refractivity contribution in [3.8, 4) is 0 Å². The Balaban J connectivity index is 1.48. The molecule has 0 bridgehead atoms. The summed E-state index contributed by atoms with van der Waals surface area (Å²) < 4.78 is 27.3. The third-order valence-corrected chi connectivity index (χ3v) is 7.05. The molecule has 1 saturated heterocycles. The number of benzene rings is 1. The second-order valence-corrected chi connectivity index (χ2v) is 9.19. The van der Waals surface area contributed by atoms with Gasteiger partial charge >= 0.3 is 0 Å². The summed E-state index contributed by atoms with van der Waals surface area (Å²) in [4.78, 5) is 7.90. The number of hydrogen-bond donors (Lipinski definition) is 1. The van der Waals surface area contributed by atoms with Gasteiger partial charge in [-0.25, -0.2) is 13.1 Å². The number of likely N-dealkylation sites (tertiary alicyclic amines) is 1. The molecule has 0 unspecified atom stereocenters. The van der Waals surface area contributed by atoms with Crippen LogP contribution in [0.4, 0.5) is 0 Å². The van der Waals surface area contributed by atoms with Gasteiger partial charge in [-0.3, -0.25) is 9.88 Å². The number of nitrogens with one attached hydrogen (secondary N) is 1. The van der Waals surface area contributed by atoms with E-state index in [0.29, 0.717) is 12.5 Å². The Morgan fingerprint density at radius 3 is 2.65 bits per heavy atom. The van der Waals surface area contributed by atoms with Crippen molar-refractivity contribution in [2.24, 2.45) is 5.92 Å². The zero-order valence-electron chi connectivity index (χ0n) is 15.0. The monoisotopic (exact) mass is 391 g/mol. The normalized spacial score (nSPS) is 16.7. The molecule has 140 valence electrons. The van der Waals surface area contributed by atoms with Gasteiger partial charge in [0.05, 0.1) is 0 Å². The molecule has 0 spiro atoms. The lowest BCUT2D eigenvalue weighted by Crippen LogP contribution is -2.38. The molecule has 1 fully saturated rings. The van der Waals surface area contributed by atoms with Crippen molar-refractivity contribution in [3.05, 3.63) is 54.4 Å². The van der Waals surface area contributed by atoms with Gasteiger partial charge in [-0.15, -0.1) is 11.8 Å². The number of piperidine rings is 1. The minimum atomic E-state index is -3.46. The van der Waals surface area contributed by atoms with Crippen molar-refractivity contribution in [2.75, 3.05) is 25.9 Å². The topological polar surface area (TPSA) is 62.3 Å². The summed E-state index contributed by atoms with van der Waals surface area (Å²) >= 11 is 1.78. The van der Waals surface area contributed by atoms with Crippen molar-refractivity contribution in [1.82, 2.24) is 14.6 Å². The van der Waals surface area contributed by atoms with Gasteiger partial charge < -0.3 is 0 Å². The van der Waals surface area contributed by atoms with Crippen LogP contribution in [0.3, 0.4) is 0 Å². The summed E-state index contributed by atoms with van der Waals surface area (Å²) in [6, 6.07) is 11.7. The molecule has 1 aliphatic heterocycles. The van der Waals surface area contributed by atoms with Crippen LogP contribution in [0.25, 0.3) is 0 Å². The van der Waals surface area contributed by atoms with E-state index in [1.807, 2.05) is 0 Å². The molecule has 26 heavy (non-hydrogen) atoms. The fourth-order valence-electron chi connectivity index (χ4n) is 3.24. The van der Waals surface area contributed by atoms with Gasteiger partial charge in [0.2, 0.25) is 10.0 Å². The van der Waals surface area contributed by atoms with Crippen molar-refractivity contribution in [1.29, 1.82) is 0 Å². The SMILES string of the molecule is CSc1ccccc1CN1CCC(CNS(=O)(=O)c2cccnc2)CC1. The molecule has 7 heteroatoms. The second kappa shape index (κ2) is 8.99. The molecule has 0 amide bonds. The number of aromatic nitrogens is 1. The van der Waals surface area contributed by atoms with Gasteiger partial charge in [0, 0.05) is 30.4 Å². The lowest BCUT2D eigenvalue weighted by Gasteiger charge is -2.32. The first-order valence-corrected chi connectivity index (χ1v) is 11.5. The van der Waals surface area contributed by atoms with Crippen LogP contribution in [0.15, 0.2) is 58.6 Å². The van der Waals surface area contributed by atoms with Crippen LogP contribution in [-0.4, -0.2) is 44.2 Å². The first-order valence-electron chi connectivity index (χ1n) is 8.82. The van der Waals surface area contributed by atoms with E-state index in [0.717, 1.165) is 32.5 Å². The minimum absolute atomic E-state index is 0.228. The maximum Gasteiger partial charge on any atom is 0.242 e. The fourth-order valence-corrected chi connectivity index (χ4v) is 4.93. The molecule has 3 rings (SSSR count). The number of nitrogens with zero attached hydrogens (tertiary/aromatic N) is 2. The zero-order chi connectivity index (χ0) is 18.4. The van der Waals surface area contributed by atoms with E-state index < -0.39 is 10.0 Å². The Hall–Kier alpha value is -1.41. The highest BCUT2D eigenvalue weighted by Gasteiger charge is 2.22. The number of sulfonamides is 1. The standard InChI is InChI=1S/C19H25N3O2S2/c1-25-19-7-3-2-5-17(19)15-22-11-8-16(9-12-22)13-21-26(23,24)18-6-4-10-20-14-18/h2-7,10,14,16,21H,8-9,11-13,15H2,1H3. The van der Waals surface area contributed by atoms with Gasteiger partial charge in [-0.1, -0.05) is 18.2 Å². The van der Waals surface area contributed by atoms with Crippen molar-refractivity contribution < 1.29 is 8.42 Å². The molecule has 2 heterocycles. The minimum Gasteiger partial charge on any atom is -0.299 e. The fraction of sp³-hybridized carbons (Fsp3) is 0.421. The Labute approximate surface area is 160 Å². The maximum absolute atomic E-state index is 12.3. The average Bonchev–Trinajstić information content (AvgIpc) is 2.69. The highest BCUT2D eigenvalue weighted by molar-refractivity contribution is 7.98. The molecular weight excluding hydrogens is 366 g/mol. The summed E-state index contributed by atoms with van der Waals surface area (Å²) in [5.74, 6) is 0.383. The molecule has 0 saturated carbocycles. The lowest BCUT2D eigenvalue weighted by molar-refractivity contribution is 0.177. The summed E-state index contributed by atoms with van der Waals surface area (Å²) in [6.45, 7) is 3.46. The molecule has 0 aliphatic carbocycles. The van der Waals surface area contributed by atoms with Crippen molar-refractivity contribution in [3.63, 3.8) is 0 Å². The van der Waals surface area contributed by atoms with Crippen LogP contribution in [0, 0.1) is 5.92 Å². The van der Waals surface area contributed by atoms with E-state index in [9.17, 15) is 8.42 Å². The first kappa shape index (κ1) is 19.4. The van der Waals surface area contributed by atoms with E-state index in [1.54, 1.807) is 30.1 Å². The quantitative estimate of drug-likeness (QED) is 0.735. The van der Waals surface area contributed by atoms with Gasteiger partial charge in [0.15, 0.2) is 0 Å². The average molecular weight is 392 g/mol. The molecule has 2 aromatic rings. The molecule has 1 N–H and O–H groups in total. The molecule has 5 nitrogen and oxygen atoms in total. The van der Waals surface area contributed by atoms with Crippen LogP contribution in [-0.2, 0) is 16.6 Å². The van der Waals surface area contributed by atoms with Crippen molar-refractivity contribution >= 4 is 21.8 Å². The van der Waals surface area contributed by atoms with E-state index in [2.05, 4.69) is 45.1 Å². The third kappa shape index (κ3) is 5.07. The van der Waals surface area contributed by atoms with Gasteiger partial charge in [-0.2, -0.15) is 0 Å². The predicted molar refractivity (Wildman–Crippen MR) is 106 cm³/mol. The first-order chi connectivity index (χ1) is 12.6. The van der Waals surface area contributed by atoms with Crippen LogP contribution in [0.1, 0.15) is 18.4 Å². The second-order valence-electron chi connectivity index (χ2n) is 6.57. The summed E-state index contributed by atoms with van der Waals surface area (Å²) in [6.07, 6.45) is 7.09. The third-order valence-electron chi connectivity index (χ3n) is 4.80. The Bertz CT molecular complexity index is 805. The largest absolute Gasteiger partial charge is 0.299 e. The van der Waals surface area contributed by atoms with E-state index >= 15 is 0 Å². The molecule has 1 aromatic heterocycles. The molecular formula is C19H25N3O2S2. The van der Waals surface area contributed by atoms with Crippen LogP contribution in [0.5, 0.6) is 0 Å². The maximum atomic E-state index is 12.3. The smallest absolute Gasteiger partial charge is 0.242 e. The van der Waals surface area contributed by atoms with Crippen molar-refractivity contribution in [2.45, 2.75) is 29.2 Å². The van der Waals surface area contributed by atoms with Crippen LogP contribution in [0.2, 0.25) is 0 Å². The lowest BCUT2D eigenvalue weighted by atomic mass is 9.97. The Morgan fingerprint density at radius 2 is 1.96 bits per heavy atom. The summed E-state index contributed by atoms with van der Waals surface area (Å²) in [5.41, 5.74) is 1.37. The predicted octanol–water partition coefficient (Wildman–Crippen LogP) is 2.99. The summed E-state index contributed by atoms with van der Waals surface area (Å²) in [5, 5.41) is 0. The van der Waals surface area contributed by atoms with E-state index in [1.165, 1.54) is 16.7 Å². The van der Waals surface area contributed by atoms with E-state index in [4.69, 9.17) is 0 Å². The van der Waals surface area contributed by atoms with Gasteiger partial charge in [0.1, 0.15) is 4.90 Å². The zero-order valence-corrected chi connectivity index (χ0v) is 16.6. The number of thioether (sulfide) groups is 1. The highest BCUT2D eigenvalue weighted by Crippen LogP contribution is 2.24. The Morgan fingerprint density at radius 1 is 1.19 bits per heavy atom. The Kier molecular flexibility index (Phi) is 6.69. The van der Waals surface area contributed by atoms with Gasteiger partial charge in [0.25, 0.3) is 0 Å². The molecule has 1 aromatic carbocycles. The number of hydrogen-bond acceptors (Lipinski definition) is 5. The molecule has 0 radical (unpaired) electrons.